The van der Waals surface area contributed by atoms with Crippen LogP contribution in [0.1, 0.15) is 31.4 Å². The Morgan fingerprint density at radius 3 is 2.80 bits per heavy atom. The van der Waals surface area contributed by atoms with E-state index in [0.717, 1.165) is 63.4 Å². The molecule has 0 spiro atoms. The molecule has 160 valence electrons. The number of likely N-dealkylation sites (tertiary alicyclic amines) is 1. The Hall–Kier alpha value is -2.74. The number of nitrogens with zero attached hydrogens (tertiary/aromatic N) is 5. The summed E-state index contributed by atoms with van der Waals surface area (Å²) in [5, 5.41) is 3.07. The highest BCUT2D eigenvalue weighted by atomic mass is 16.5. The van der Waals surface area contributed by atoms with E-state index in [1.165, 1.54) is 0 Å². The van der Waals surface area contributed by atoms with Gasteiger partial charge in [-0.05, 0) is 44.4 Å². The predicted octanol–water partition coefficient (Wildman–Crippen LogP) is 1.88. The Kier molecular flexibility index (Phi) is 6.74. The van der Waals surface area contributed by atoms with Crippen LogP contribution in [0.2, 0.25) is 0 Å². The summed E-state index contributed by atoms with van der Waals surface area (Å²) in [5.41, 5.74) is 0.896. The Morgan fingerprint density at radius 1 is 1.17 bits per heavy atom. The molecule has 1 atom stereocenters. The number of methoxy groups -OCH3 is 1. The van der Waals surface area contributed by atoms with Crippen LogP contribution in [0.4, 0.5) is 5.82 Å². The molecule has 2 aromatic heterocycles. The van der Waals surface area contributed by atoms with Gasteiger partial charge in [-0.1, -0.05) is 6.07 Å². The van der Waals surface area contributed by atoms with Gasteiger partial charge in [0.2, 0.25) is 11.8 Å². The summed E-state index contributed by atoms with van der Waals surface area (Å²) in [4.78, 5) is 30.3. The fraction of sp³-hybridized carbons (Fsp3) is 0.545. The monoisotopic (exact) mass is 410 g/mol. The fourth-order valence-electron chi connectivity index (χ4n) is 4.45. The van der Waals surface area contributed by atoms with Gasteiger partial charge in [0.15, 0.2) is 0 Å². The van der Waals surface area contributed by atoms with E-state index in [9.17, 15) is 4.79 Å². The minimum Gasteiger partial charge on any atom is -0.481 e. The molecule has 30 heavy (non-hydrogen) atoms. The van der Waals surface area contributed by atoms with Crippen LogP contribution in [-0.2, 0) is 11.3 Å². The quantitative estimate of drug-likeness (QED) is 0.778. The Balaban J connectivity index is 1.27. The molecule has 0 unspecified atom stereocenters. The van der Waals surface area contributed by atoms with E-state index in [0.29, 0.717) is 18.5 Å². The molecule has 8 nitrogen and oxygen atoms in total. The van der Waals surface area contributed by atoms with Crippen LogP contribution in [0.25, 0.3) is 0 Å². The standard InChI is InChI=1S/C22H30N6O2/c1-30-21-13-20(25-16-26-21)27-11-7-19(8-12-27)28-10-4-5-17(15-28)22(29)24-14-18-6-2-3-9-23-18/h2-3,6,9,13,16-17,19H,4-5,7-8,10-12,14-15H2,1H3,(H,24,29)/t17-/m0/s1. The van der Waals surface area contributed by atoms with Crippen molar-refractivity contribution in [2.75, 3.05) is 38.2 Å². The van der Waals surface area contributed by atoms with Crippen molar-refractivity contribution in [3.05, 3.63) is 42.5 Å². The van der Waals surface area contributed by atoms with Crippen LogP contribution in [0.3, 0.4) is 0 Å². The van der Waals surface area contributed by atoms with E-state index in [2.05, 4.69) is 30.1 Å². The summed E-state index contributed by atoms with van der Waals surface area (Å²) in [6.45, 7) is 4.34. The smallest absolute Gasteiger partial charge is 0.224 e. The van der Waals surface area contributed by atoms with Crippen LogP contribution < -0.4 is 15.0 Å². The second-order valence-electron chi connectivity index (χ2n) is 8.01. The first-order valence-corrected chi connectivity index (χ1v) is 10.8. The minimum atomic E-state index is 0.0617. The van der Waals surface area contributed by atoms with Gasteiger partial charge in [-0.25, -0.2) is 9.97 Å². The van der Waals surface area contributed by atoms with E-state index in [1.807, 2.05) is 24.3 Å². The van der Waals surface area contributed by atoms with Crippen LogP contribution >= 0.6 is 0 Å². The van der Waals surface area contributed by atoms with Gasteiger partial charge < -0.3 is 15.0 Å². The molecule has 1 amide bonds. The van der Waals surface area contributed by atoms with Gasteiger partial charge >= 0.3 is 0 Å². The molecule has 2 saturated heterocycles. The topological polar surface area (TPSA) is 83.5 Å². The summed E-state index contributed by atoms with van der Waals surface area (Å²) in [6.07, 6.45) is 7.51. The Bertz CT molecular complexity index is 825. The molecule has 0 bridgehead atoms. The summed E-state index contributed by atoms with van der Waals surface area (Å²) in [6, 6.07) is 8.19. The molecule has 0 radical (unpaired) electrons. The van der Waals surface area contributed by atoms with Crippen molar-refractivity contribution >= 4 is 11.7 Å². The van der Waals surface area contributed by atoms with Crippen molar-refractivity contribution in [3.63, 3.8) is 0 Å². The maximum absolute atomic E-state index is 12.7. The zero-order valence-electron chi connectivity index (χ0n) is 17.5. The molecule has 2 aliphatic rings. The van der Waals surface area contributed by atoms with Crippen molar-refractivity contribution in [2.24, 2.45) is 5.92 Å². The maximum Gasteiger partial charge on any atom is 0.224 e. The lowest BCUT2D eigenvalue weighted by Gasteiger charge is -2.42. The van der Waals surface area contributed by atoms with Crippen molar-refractivity contribution < 1.29 is 9.53 Å². The largest absolute Gasteiger partial charge is 0.481 e. The number of piperidine rings is 2. The van der Waals surface area contributed by atoms with Gasteiger partial charge in [0.05, 0.1) is 25.3 Å². The molecule has 0 aromatic carbocycles. The van der Waals surface area contributed by atoms with E-state index in [4.69, 9.17) is 4.74 Å². The number of ether oxygens (including phenoxy) is 1. The predicted molar refractivity (Wildman–Crippen MR) is 114 cm³/mol. The number of amides is 1. The first-order chi connectivity index (χ1) is 14.7. The van der Waals surface area contributed by atoms with E-state index < -0.39 is 0 Å². The van der Waals surface area contributed by atoms with E-state index in [1.54, 1.807) is 19.6 Å². The average molecular weight is 411 g/mol. The highest BCUT2D eigenvalue weighted by Gasteiger charge is 2.32. The summed E-state index contributed by atoms with van der Waals surface area (Å²) < 4.78 is 5.22. The third-order valence-electron chi connectivity index (χ3n) is 6.14. The number of carbonyl (C=O) groups excluding carboxylic acids is 1. The van der Waals surface area contributed by atoms with Gasteiger partial charge in [0.1, 0.15) is 12.1 Å². The fourth-order valence-corrected chi connectivity index (χ4v) is 4.45. The third-order valence-corrected chi connectivity index (χ3v) is 6.14. The molecule has 4 rings (SSSR count). The SMILES string of the molecule is COc1cc(N2CCC(N3CCC[C@H](C(=O)NCc4ccccn4)C3)CC2)ncn1. The van der Waals surface area contributed by atoms with Crippen molar-refractivity contribution in [3.8, 4) is 5.88 Å². The maximum atomic E-state index is 12.7. The highest BCUT2D eigenvalue weighted by molar-refractivity contribution is 5.78. The highest BCUT2D eigenvalue weighted by Crippen LogP contribution is 2.26. The number of rotatable bonds is 6. The van der Waals surface area contributed by atoms with E-state index in [-0.39, 0.29) is 11.8 Å². The molecule has 2 fully saturated rings. The Labute approximate surface area is 177 Å². The number of nitrogens with one attached hydrogen (secondary N) is 1. The summed E-state index contributed by atoms with van der Waals surface area (Å²) >= 11 is 0. The molecule has 1 N–H and O–H groups in total. The first kappa shape index (κ1) is 20.5. The van der Waals surface area contributed by atoms with Crippen molar-refractivity contribution in [1.29, 1.82) is 0 Å². The third kappa shape index (κ3) is 5.05. The molecular weight excluding hydrogens is 380 g/mol. The van der Waals surface area contributed by atoms with Crippen LogP contribution in [0.15, 0.2) is 36.8 Å². The number of hydrogen-bond acceptors (Lipinski definition) is 7. The summed E-state index contributed by atoms with van der Waals surface area (Å²) in [5.74, 6) is 1.73. The second-order valence-corrected chi connectivity index (χ2v) is 8.01. The summed E-state index contributed by atoms with van der Waals surface area (Å²) in [7, 11) is 1.62. The molecule has 2 aromatic rings. The lowest BCUT2D eigenvalue weighted by atomic mass is 9.93. The molecular formula is C22H30N6O2. The average Bonchev–Trinajstić information content (AvgIpc) is 2.83. The minimum absolute atomic E-state index is 0.0617. The van der Waals surface area contributed by atoms with Gasteiger partial charge in [-0.3, -0.25) is 14.7 Å². The van der Waals surface area contributed by atoms with Gasteiger partial charge in [-0.2, -0.15) is 0 Å². The zero-order chi connectivity index (χ0) is 20.8. The van der Waals surface area contributed by atoms with Gasteiger partial charge in [0.25, 0.3) is 0 Å². The molecule has 8 heteroatoms. The lowest BCUT2D eigenvalue weighted by Crippen LogP contribution is -2.50. The van der Waals surface area contributed by atoms with Crippen LogP contribution in [-0.4, -0.2) is 65.1 Å². The number of pyridine rings is 1. The molecule has 4 heterocycles. The van der Waals surface area contributed by atoms with Crippen LogP contribution in [0.5, 0.6) is 5.88 Å². The first-order valence-electron chi connectivity index (χ1n) is 10.8. The lowest BCUT2D eigenvalue weighted by molar-refractivity contribution is -0.127. The molecule has 0 aliphatic carbocycles. The van der Waals surface area contributed by atoms with Gasteiger partial charge in [-0.15, -0.1) is 0 Å². The number of carbonyl (C=O) groups is 1. The zero-order valence-corrected chi connectivity index (χ0v) is 17.5. The Morgan fingerprint density at radius 2 is 2.03 bits per heavy atom. The normalized spacial score (nSPS) is 20.7. The number of anilines is 1. The van der Waals surface area contributed by atoms with E-state index >= 15 is 0 Å². The molecule has 2 aliphatic heterocycles. The number of hydrogen-bond donors (Lipinski definition) is 1. The van der Waals surface area contributed by atoms with Gasteiger partial charge in [0, 0.05) is 37.9 Å². The molecule has 0 saturated carbocycles. The second kappa shape index (κ2) is 9.84. The van der Waals surface area contributed by atoms with Crippen LogP contribution in [0, 0.1) is 5.92 Å². The van der Waals surface area contributed by atoms with Crippen molar-refractivity contribution in [1.82, 2.24) is 25.2 Å². The number of aromatic nitrogens is 3. The van der Waals surface area contributed by atoms with Crippen molar-refractivity contribution in [2.45, 2.75) is 38.3 Å².